The quantitative estimate of drug-likeness (QED) is 0.654. The highest BCUT2D eigenvalue weighted by atomic mass is 35.5. The molecular weight excluding hydrogens is 200 g/mol. The molecule has 1 aromatic carbocycles. The molecule has 0 amide bonds. The molecule has 13 heavy (non-hydrogen) atoms. The SMILES string of the molecule is CCc1cccc2c(C)c(Cl)sc12. The van der Waals surface area contributed by atoms with Crippen molar-refractivity contribution in [3.05, 3.63) is 33.7 Å². The van der Waals surface area contributed by atoms with Crippen molar-refractivity contribution in [2.45, 2.75) is 20.3 Å². The van der Waals surface area contributed by atoms with Crippen molar-refractivity contribution >= 4 is 33.0 Å². The fraction of sp³-hybridized carbons (Fsp3) is 0.273. The van der Waals surface area contributed by atoms with E-state index in [1.807, 2.05) is 0 Å². The number of halogens is 1. The van der Waals surface area contributed by atoms with Crippen LogP contribution < -0.4 is 0 Å². The van der Waals surface area contributed by atoms with Gasteiger partial charge < -0.3 is 0 Å². The number of fused-ring (bicyclic) bond motifs is 1. The summed E-state index contributed by atoms with van der Waals surface area (Å²) in [4.78, 5) is 0. The van der Waals surface area contributed by atoms with Gasteiger partial charge in [0.05, 0.1) is 4.34 Å². The van der Waals surface area contributed by atoms with E-state index >= 15 is 0 Å². The number of hydrogen-bond acceptors (Lipinski definition) is 1. The van der Waals surface area contributed by atoms with Crippen LogP contribution in [0.1, 0.15) is 18.1 Å². The van der Waals surface area contributed by atoms with Gasteiger partial charge in [-0.15, -0.1) is 11.3 Å². The molecule has 0 fully saturated rings. The Bertz CT molecular complexity index is 443. The van der Waals surface area contributed by atoms with Crippen LogP contribution in [0.15, 0.2) is 18.2 Å². The molecule has 68 valence electrons. The predicted octanol–water partition coefficient (Wildman–Crippen LogP) is 4.43. The molecule has 0 aliphatic rings. The van der Waals surface area contributed by atoms with E-state index in [-0.39, 0.29) is 0 Å². The minimum Gasteiger partial charge on any atom is -0.123 e. The van der Waals surface area contributed by atoms with Gasteiger partial charge in [0, 0.05) is 4.70 Å². The molecule has 2 rings (SSSR count). The largest absolute Gasteiger partial charge is 0.123 e. The third kappa shape index (κ3) is 1.36. The van der Waals surface area contributed by atoms with Gasteiger partial charge in [-0.3, -0.25) is 0 Å². The smallest absolute Gasteiger partial charge is 0.0970 e. The molecule has 1 heterocycles. The van der Waals surface area contributed by atoms with Crippen molar-refractivity contribution in [2.24, 2.45) is 0 Å². The molecule has 2 heteroatoms. The number of aryl methyl sites for hydroxylation is 2. The summed E-state index contributed by atoms with van der Waals surface area (Å²) in [5.41, 5.74) is 2.62. The second-order valence-corrected chi connectivity index (χ2v) is 4.77. The molecule has 0 spiro atoms. The summed E-state index contributed by atoms with van der Waals surface area (Å²) in [5, 5.41) is 1.31. The highest BCUT2D eigenvalue weighted by molar-refractivity contribution is 7.23. The van der Waals surface area contributed by atoms with Crippen molar-refractivity contribution in [1.82, 2.24) is 0 Å². The Morgan fingerprint density at radius 2 is 2.15 bits per heavy atom. The zero-order valence-electron chi connectivity index (χ0n) is 7.73. The predicted molar refractivity (Wildman–Crippen MR) is 61.0 cm³/mol. The van der Waals surface area contributed by atoms with Crippen LogP contribution in [-0.4, -0.2) is 0 Å². The average molecular weight is 211 g/mol. The Kier molecular flexibility index (Phi) is 2.31. The molecule has 0 unspecified atom stereocenters. The van der Waals surface area contributed by atoms with E-state index < -0.39 is 0 Å². The first kappa shape index (κ1) is 9.04. The van der Waals surface area contributed by atoms with Crippen LogP contribution in [0.25, 0.3) is 10.1 Å². The summed E-state index contributed by atoms with van der Waals surface area (Å²) in [6, 6.07) is 6.43. The van der Waals surface area contributed by atoms with Gasteiger partial charge in [0.15, 0.2) is 0 Å². The van der Waals surface area contributed by atoms with Crippen molar-refractivity contribution < 1.29 is 0 Å². The van der Waals surface area contributed by atoms with Crippen molar-refractivity contribution in [3.63, 3.8) is 0 Å². The van der Waals surface area contributed by atoms with Crippen LogP contribution in [0, 0.1) is 6.92 Å². The molecule has 0 atom stereocenters. The Balaban J connectivity index is 2.84. The van der Waals surface area contributed by atoms with Gasteiger partial charge >= 0.3 is 0 Å². The van der Waals surface area contributed by atoms with Gasteiger partial charge in [0.25, 0.3) is 0 Å². The summed E-state index contributed by atoms with van der Waals surface area (Å²) in [5.74, 6) is 0. The summed E-state index contributed by atoms with van der Waals surface area (Å²) in [6.07, 6.45) is 1.08. The molecule has 0 aliphatic carbocycles. The molecule has 2 aromatic rings. The maximum Gasteiger partial charge on any atom is 0.0970 e. The van der Waals surface area contributed by atoms with Gasteiger partial charge in [0.2, 0.25) is 0 Å². The molecule has 0 saturated carbocycles. The first-order valence-electron chi connectivity index (χ1n) is 4.40. The first-order valence-corrected chi connectivity index (χ1v) is 5.60. The summed E-state index contributed by atoms with van der Waals surface area (Å²) in [7, 11) is 0. The van der Waals surface area contributed by atoms with Crippen molar-refractivity contribution in [1.29, 1.82) is 0 Å². The zero-order valence-corrected chi connectivity index (χ0v) is 9.30. The Hall–Kier alpha value is -0.530. The lowest BCUT2D eigenvalue weighted by molar-refractivity contribution is 1.16. The summed E-state index contributed by atoms with van der Waals surface area (Å²) in [6.45, 7) is 4.26. The van der Waals surface area contributed by atoms with E-state index in [4.69, 9.17) is 11.6 Å². The van der Waals surface area contributed by atoms with E-state index in [2.05, 4.69) is 32.0 Å². The van der Waals surface area contributed by atoms with Gasteiger partial charge in [-0.05, 0) is 29.9 Å². The van der Waals surface area contributed by atoms with Crippen LogP contribution in [0.2, 0.25) is 4.34 Å². The standard InChI is InChI=1S/C11H11ClS/c1-3-8-5-4-6-9-7(2)11(12)13-10(8)9/h4-6H,3H2,1-2H3. The lowest BCUT2D eigenvalue weighted by Gasteiger charge is -1.97. The maximum atomic E-state index is 6.10. The highest BCUT2D eigenvalue weighted by Gasteiger charge is 2.08. The molecule has 1 aromatic heterocycles. The number of thiophene rings is 1. The van der Waals surface area contributed by atoms with E-state index in [1.54, 1.807) is 11.3 Å². The molecule has 0 saturated heterocycles. The molecule has 0 aliphatic heterocycles. The highest BCUT2D eigenvalue weighted by Crippen LogP contribution is 2.36. The lowest BCUT2D eigenvalue weighted by Crippen LogP contribution is -1.78. The van der Waals surface area contributed by atoms with Gasteiger partial charge in [-0.1, -0.05) is 36.7 Å². The maximum absolute atomic E-state index is 6.10. The van der Waals surface area contributed by atoms with Gasteiger partial charge in [-0.25, -0.2) is 0 Å². The number of rotatable bonds is 1. The normalized spacial score (nSPS) is 11.0. The summed E-state index contributed by atoms with van der Waals surface area (Å²) < 4.78 is 2.28. The average Bonchev–Trinajstić information content (AvgIpc) is 2.43. The van der Waals surface area contributed by atoms with Crippen LogP contribution in [0.5, 0.6) is 0 Å². The van der Waals surface area contributed by atoms with Crippen LogP contribution in [0.3, 0.4) is 0 Å². The topological polar surface area (TPSA) is 0 Å². The Labute approximate surface area is 87.2 Å². The molecule has 0 N–H and O–H groups in total. The number of hydrogen-bond donors (Lipinski definition) is 0. The van der Waals surface area contributed by atoms with Gasteiger partial charge in [-0.2, -0.15) is 0 Å². The first-order chi connectivity index (χ1) is 6.24. The minimum absolute atomic E-state index is 0.927. The lowest BCUT2D eigenvalue weighted by atomic mass is 10.1. The second-order valence-electron chi connectivity index (χ2n) is 3.15. The van der Waals surface area contributed by atoms with E-state index in [0.717, 1.165) is 10.8 Å². The van der Waals surface area contributed by atoms with Crippen LogP contribution in [-0.2, 0) is 6.42 Å². The molecule has 0 radical (unpaired) electrons. The van der Waals surface area contributed by atoms with Gasteiger partial charge in [0.1, 0.15) is 0 Å². The van der Waals surface area contributed by atoms with Crippen molar-refractivity contribution in [2.75, 3.05) is 0 Å². The number of benzene rings is 1. The monoisotopic (exact) mass is 210 g/mol. The summed E-state index contributed by atoms with van der Waals surface area (Å²) >= 11 is 7.79. The zero-order chi connectivity index (χ0) is 9.42. The molecule has 0 bridgehead atoms. The fourth-order valence-corrected chi connectivity index (χ4v) is 3.00. The second kappa shape index (κ2) is 3.32. The minimum atomic E-state index is 0.927. The third-order valence-corrected chi connectivity index (χ3v) is 4.05. The fourth-order valence-electron chi connectivity index (χ4n) is 1.55. The Morgan fingerprint density at radius 3 is 2.85 bits per heavy atom. The Morgan fingerprint density at radius 1 is 1.38 bits per heavy atom. The van der Waals surface area contributed by atoms with E-state index in [0.29, 0.717) is 0 Å². The van der Waals surface area contributed by atoms with Crippen LogP contribution >= 0.6 is 22.9 Å². The third-order valence-electron chi connectivity index (χ3n) is 2.37. The van der Waals surface area contributed by atoms with Crippen LogP contribution in [0.4, 0.5) is 0 Å². The van der Waals surface area contributed by atoms with E-state index in [1.165, 1.54) is 21.2 Å². The molecular formula is C11H11ClS. The molecule has 0 nitrogen and oxygen atoms in total. The van der Waals surface area contributed by atoms with E-state index in [9.17, 15) is 0 Å². The van der Waals surface area contributed by atoms with Crippen molar-refractivity contribution in [3.8, 4) is 0 Å².